The lowest BCUT2D eigenvalue weighted by atomic mass is 10.3. The third-order valence-electron chi connectivity index (χ3n) is 2.85. The first kappa shape index (κ1) is 14.0. The highest BCUT2D eigenvalue weighted by molar-refractivity contribution is 6.15. The van der Waals surface area contributed by atoms with E-state index in [2.05, 4.69) is 22.7 Å². The van der Waals surface area contributed by atoms with Gasteiger partial charge in [0.2, 0.25) is 0 Å². The van der Waals surface area contributed by atoms with Crippen molar-refractivity contribution < 1.29 is 9.59 Å². The van der Waals surface area contributed by atoms with E-state index < -0.39 is 0 Å². The summed E-state index contributed by atoms with van der Waals surface area (Å²) >= 11 is 0. The molecule has 0 bridgehead atoms. The van der Waals surface area contributed by atoms with Gasteiger partial charge in [-0.2, -0.15) is 10.1 Å². The molecule has 0 aromatic heterocycles. The van der Waals surface area contributed by atoms with Gasteiger partial charge in [0.1, 0.15) is 5.84 Å². The molecule has 20 heavy (non-hydrogen) atoms. The number of hydrogen-bond donors (Lipinski definition) is 2. The Hall–Kier alpha value is -2.37. The number of nitrogens with one attached hydrogen (secondary N) is 2. The average molecular weight is 274 g/mol. The lowest BCUT2D eigenvalue weighted by Gasteiger charge is -2.10. The van der Waals surface area contributed by atoms with E-state index in [1.807, 2.05) is 18.2 Å². The van der Waals surface area contributed by atoms with E-state index in [-0.39, 0.29) is 18.4 Å². The third kappa shape index (κ3) is 3.57. The summed E-state index contributed by atoms with van der Waals surface area (Å²) in [5.74, 6) is 0.216. The number of rotatable bonds is 4. The van der Waals surface area contributed by atoms with E-state index >= 15 is 0 Å². The molecule has 0 saturated heterocycles. The molecule has 0 fully saturated rings. The molecule has 6 heteroatoms. The van der Waals surface area contributed by atoms with Crippen LogP contribution in [0.15, 0.2) is 35.4 Å². The van der Waals surface area contributed by atoms with Crippen molar-refractivity contribution in [2.45, 2.75) is 26.2 Å². The number of unbranched alkanes of at least 4 members (excludes halogenated alkanes) is 1. The monoisotopic (exact) mass is 274 g/mol. The fraction of sp³-hybridized carbons (Fsp3) is 0.357. The van der Waals surface area contributed by atoms with Gasteiger partial charge in [0.15, 0.2) is 0 Å². The minimum absolute atomic E-state index is 0.107. The maximum atomic E-state index is 11.9. The van der Waals surface area contributed by atoms with Gasteiger partial charge in [0, 0.05) is 6.54 Å². The first-order valence-corrected chi connectivity index (χ1v) is 6.71. The Bertz CT molecular complexity index is 513. The highest BCUT2D eigenvalue weighted by Gasteiger charge is 2.26. The number of para-hydroxylation sites is 1. The van der Waals surface area contributed by atoms with Crippen LogP contribution in [0.1, 0.15) is 26.2 Å². The maximum Gasteiger partial charge on any atom is 0.320 e. The molecule has 1 aromatic carbocycles. The summed E-state index contributed by atoms with van der Waals surface area (Å²) in [6.45, 7) is 2.67. The van der Waals surface area contributed by atoms with Crippen molar-refractivity contribution >= 4 is 23.5 Å². The summed E-state index contributed by atoms with van der Waals surface area (Å²) in [7, 11) is 0. The van der Waals surface area contributed by atoms with Crippen LogP contribution in [0, 0.1) is 0 Å². The Morgan fingerprint density at radius 3 is 2.80 bits per heavy atom. The zero-order chi connectivity index (χ0) is 14.4. The quantitative estimate of drug-likeness (QED) is 0.822. The summed E-state index contributed by atoms with van der Waals surface area (Å²) in [5.41, 5.74) is 0.695. The molecule has 2 N–H and O–H groups in total. The Kier molecular flexibility index (Phi) is 4.70. The molecule has 1 aliphatic rings. The van der Waals surface area contributed by atoms with E-state index in [1.54, 1.807) is 12.1 Å². The number of benzene rings is 1. The van der Waals surface area contributed by atoms with Gasteiger partial charge in [-0.1, -0.05) is 31.5 Å². The first-order valence-electron chi connectivity index (χ1n) is 6.71. The number of amides is 3. The van der Waals surface area contributed by atoms with Crippen LogP contribution in [-0.4, -0.2) is 24.3 Å². The summed E-state index contributed by atoms with van der Waals surface area (Å²) in [6, 6.07) is 8.81. The predicted molar refractivity (Wildman–Crippen MR) is 77.4 cm³/mol. The molecule has 1 aliphatic heterocycles. The fourth-order valence-electron chi connectivity index (χ4n) is 1.82. The van der Waals surface area contributed by atoms with E-state index in [4.69, 9.17) is 0 Å². The van der Waals surface area contributed by atoms with Gasteiger partial charge in [-0.25, -0.2) is 4.79 Å². The van der Waals surface area contributed by atoms with Crippen LogP contribution in [0.5, 0.6) is 0 Å². The number of nitrogens with zero attached hydrogens (tertiary/aromatic N) is 2. The van der Waals surface area contributed by atoms with E-state index in [1.165, 1.54) is 5.01 Å². The van der Waals surface area contributed by atoms with Gasteiger partial charge in [-0.15, -0.1) is 0 Å². The number of anilines is 1. The summed E-state index contributed by atoms with van der Waals surface area (Å²) in [4.78, 5) is 23.5. The average Bonchev–Trinajstić information content (AvgIpc) is 2.81. The molecule has 0 spiro atoms. The number of carbonyl (C=O) groups is 2. The summed E-state index contributed by atoms with van der Waals surface area (Å²) < 4.78 is 0. The molecule has 6 nitrogen and oxygen atoms in total. The molecule has 1 heterocycles. The zero-order valence-electron chi connectivity index (χ0n) is 11.4. The molecule has 0 radical (unpaired) electrons. The van der Waals surface area contributed by atoms with Crippen molar-refractivity contribution in [2.24, 2.45) is 5.10 Å². The molecular weight excluding hydrogens is 256 g/mol. The molecule has 0 saturated carbocycles. The van der Waals surface area contributed by atoms with Crippen molar-refractivity contribution in [3.8, 4) is 0 Å². The zero-order valence-corrected chi connectivity index (χ0v) is 11.4. The van der Waals surface area contributed by atoms with Crippen LogP contribution in [-0.2, 0) is 4.79 Å². The molecule has 106 valence electrons. The molecule has 1 aromatic rings. The van der Waals surface area contributed by atoms with Gasteiger partial charge in [-0.3, -0.25) is 10.1 Å². The lowest BCUT2D eigenvalue weighted by Crippen LogP contribution is -2.39. The van der Waals surface area contributed by atoms with Crippen LogP contribution >= 0.6 is 0 Å². The molecule has 0 atom stereocenters. The largest absolute Gasteiger partial charge is 0.338 e. The number of carbonyl (C=O) groups excluding carboxylic acids is 2. The normalized spacial score (nSPS) is 14.2. The second-order valence-electron chi connectivity index (χ2n) is 4.50. The van der Waals surface area contributed by atoms with Gasteiger partial charge in [0.25, 0.3) is 5.91 Å². The van der Waals surface area contributed by atoms with E-state index in [0.717, 1.165) is 12.8 Å². The minimum Gasteiger partial charge on any atom is -0.338 e. The second kappa shape index (κ2) is 6.70. The highest BCUT2D eigenvalue weighted by atomic mass is 16.2. The summed E-state index contributed by atoms with van der Waals surface area (Å²) in [6.07, 6.45) is 2.05. The van der Waals surface area contributed by atoms with Crippen molar-refractivity contribution in [3.63, 3.8) is 0 Å². The maximum absolute atomic E-state index is 11.9. The second-order valence-corrected chi connectivity index (χ2v) is 4.50. The molecular formula is C14H18N4O2. The van der Waals surface area contributed by atoms with E-state index in [0.29, 0.717) is 18.1 Å². The molecule has 0 unspecified atom stereocenters. The van der Waals surface area contributed by atoms with Crippen molar-refractivity contribution in [1.29, 1.82) is 0 Å². The van der Waals surface area contributed by atoms with Crippen molar-refractivity contribution in [2.75, 3.05) is 11.6 Å². The van der Waals surface area contributed by atoms with Crippen LogP contribution in [0.2, 0.25) is 0 Å². The molecule has 3 amide bonds. The first-order chi connectivity index (χ1) is 9.70. The molecule has 2 rings (SSSR count). The fourth-order valence-corrected chi connectivity index (χ4v) is 1.82. The Labute approximate surface area is 117 Å². The summed E-state index contributed by atoms with van der Waals surface area (Å²) in [5, 5.41) is 10.8. The topological polar surface area (TPSA) is 73.8 Å². The Balaban J connectivity index is 1.94. The SMILES string of the molecule is CCCCNC(=O)NC1=NN(c2ccccc2)C(=O)C1. The lowest BCUT2D eigenvalue weighted by molar-refractivity contribution is -0.116. The number of hydrogen-bond acceptors (Lipinski definition) is 3. The minimum atomic E-state index is -0.320. The smallest absolute Gasteiger partial charge is 0.320 e. The van der Waals surface area contributed by atoms with Crippen LogP contribution in [0.25, 0.3) is 0 Å². The number of urea groups is 1. The van der Waals surface area contributed by atoms with Gasteiger partial charge in [0.05, 0.1) is 12.1 Å². The number of hydrazone groups is 1. The van der Waals surface area contributed by atoms with Gasteiger partial charge in [-0.05, 0) is 18.6 Å². The van der Waals surface area contributed by atoms with Gasteiger partial charge < -0.3 is 5.32 Å². The third-order valence-corrected chi connectivity index (χ3v) is 2.85. The van der Waals surface area contributed by atoms with E-state index in [9.17, 15) is 9.59 Å². The van der Waals surface area contributed by atoms with Crippen molar-refractivity contribution in [1.82, 2.24) is 10.6 Å². The number of amidine groups is 1. The van der Waals surface area contributed by atoms with Crippen LogP contribution in [0.3, 0.4) is 0 Å². The Morgan fingerprint density at radius 1 is 1.35 bits per heavy atom. The van der Waals surface area contributed by atoms with Gasteiger partial charge >= 0.3 is 6.03 Å². The Morgan fingerprint density at radius 2 is 2.10 bits per heavy atom. The highest BCUT2D eigenvalue weighted by Crippen LogP contribution is 2.18. The van der Waals surface area contributed by atoms with Crippen LogP contribution < -0.4 is 15.6 Å². The predicted octanol–water partition coefficient (Wildman–Crippen LogP) is 1.84. The standard InChI is InChI=1S/C14H18N4O2/c1-2-3-9-15-14(20)16-12-10-13(19)18(17-12)11-7-5-4-6-8-11/h4-8H,2-3,9-10H2,1H3,(H2,15,16,17,20). The van der Waals surface area contributed by atoms with Crippen LogP contribution in [0.4, 0.5) is 10.5 Å². The van der Waals surface area contributed by atoms with Crippen molar-refractivity contribution in [3.05, 3.63) is 30.3 Å². The molecule has 0 aliphatic carbocycles.